The van der Waals surface area contributed by atoms with Crippen LogP contribution in [0, 0.1) is 0 Å². The number of rotatable bonds is 0. The van der Waals surface area contributed by atoms with Gasteiger partial charge in [0.2, 0.25) is 0 Å². The number of allylic oxidation sites excluding steroid dienone is 1. The topological polar surface area (TPSA) is 28.2 Å². The average molecular weight is 363 g/mol. The fourth-order valence-corrected chi connectivity index (χ4v) is 3.92. The van der Waals surface area contributed by atoms with Crippen molar-refractivity contribution in [1.82, 2.24) is 15.2 Å². The van der Waals surface area contributed by atoms with Crippen LogP contribution in [-0.2, 0) is 0 Å². The molecule has 2 unspecified atom stereocenters. The molecule has 2 atom stereocenters. The third-order valence-electron chi connectivity index (χ3n) is 4.00. The molecule has 0 amide bonds. The Labute approximate surface area is 126 Å². The highest BCUT2D eigenvalue weighted by atomic mass is 127. The smallest absolute Gasteiger partial charge is 0.0937 e. The van der Waals surface area contributed by atoms with Gasteiger partial charge < -0.3 is 10.2 Å². The fourth-order valence-electron chi connectivity index (χ4n) is 3.13. The minimum Gasteiger partial charge on any atom is -0.373 e. The van der Waals surface area contributed by atoms with E-state index >= 15 is 0 Å². The zero-order valence-corrected chi connectivity index (χ0v) is 12.8. The maximum Gasteiger partial charge on any atom is 0.0937 e. The van der Waals surface area contributed by atoms with E-state index in [4.69, 9.17) is 0 Å². The van der Waals surface area contributed by atoms with E-state index in [1.54, 1.807) is 0 Å². The number of nitrogens with one attached hydrogen (secondary N) is 1. The summed E-state index contributed by atoms with van der Waals surface area (Å²) in [6.07, 6.45) is 9.65. The summed E-state index contributed by atoms with van der Waals surface area (Å²) in [4.78, 5) is 6.93. The van der Waals surface area contributed by atoms with Crippen molar-refractivity contribution in [2.24, 2.45) is 0 Å². The van der Waals surface area contributed by atoms with Crippen LogP contribution in [-0.4, -0.2) is 27.0 Å². The summed E-state index contributed by atoms with van der Waals surface area (Å²) in [6.45, 7) is 0. The summed E-state index contributed by atoms with van der Waals surface area (Å²) in [5.74, 6) is 0. The molecule has 1 aromatic heterocycles. The summed E-state index contributed by atoms with van der Waals surface area (Å²) in [5.41, 5.74) is 6.21. The van der Waals surface area contributed by atoms with Crippen LogP contribution >= 0.6 is 22.6 Å². The lowest BCUT2D eigenvalue weighted by Crippen LogP contribution is -2.39. The molecule has 4 rings (SSSR count). The van der Waals surface area contributed by atoms with Gasteiger partial charge in [-0.05, 0) is 11.6 Å². The molecule has 1 aromatic rings. The van der Waals surface area contributed by atoms with Gasteiger partial charge >= 0.3 is 0 Å². The van der Waals surface area contributed by atoms with Crippen molar-refractivity contribution in [2.75, 3.05) is 7.05 Å². The largest absolute Gasteiger partial charge is 0.373 e. The predicted molar refractivity (Wildman–Crippen MR) is 85.4 cm³/mol. The average Bonchev–Trinajstić information content (AvgIpc) is 2.63. The van der Waals surface area contributed by atoms with Crippen LogP contribution in [0.15, 0.2) is 41.8 Å². The van der Waals surface area contributed by atoms with Gasteiger partial charge in [0.15, 0.2) is 0 Å². The highest BCUT2D eigenvalue weighted by molar-refractivity contribution is 14.1. The van der Waals surface area contributed by atoms with Crippen LogP contribution in [0.5, 0.6) is 0 Å². The van der Waals surface area contributed by atoms with Crippen molar-refractivity contribution < 1.29 is 0 Å². The molecule has 0 fully saturated rings. The summed E-state index contributed by atoms with van der Waals surface area (Å²) in [7, 11) is 2.17. The van der Waals surface area contributed by atoms with Crippen LogP contribution in [0.1, 0.15) is 17.7 Å². The quantitative estimate of drug-likeness (QED) is 0.437. The number of likely N-dealkylation sites (N-methyl/N-ethyl adjacent to an activating group) is 1. The number of fused-ring (bicyclic) bond motifs is 2. The van der Waals surface area contributed by atoms with Gasteiger partial charge in [-0.1, -0.05) is 40.8 Å². The van der Waals surface area contributed by atoms with E-state index in [0.717, 1.165) is 12.1 Å². The molecule has 1 aliphatic carbocycles. The van der Waals surface area contributed by atoms with Gasteiger partial charge in [0.1, 0.15) is 0 Å². The lowest BCUT2D eigenvalue weighted by Gasteiger charge is -2.33. The van der Waals surface area contributed by atoms with Gasteiger partial charge in [0, 0.05) is 37.0 Å². The Bertz CT molecular complexity index is 645. The van der Waals surface area contributed by atoms with Crippen LogP contribution in [0.3, 0.4) is 0 Å². The molecule has 2 aliphatic heterocycles. The van der Waals surface area contributed by atoms with E-state index in [2.05, 4.69) is 69.3 Å². The van der Waals surface area contributed by atoms with Gasteiger partial charge in [0.05, 0.1) is 21.5 Å². The molecule has 4 heteroatoms. The number of alkyl halides is 1. The summed E-state index contributed by atoms with van der Waals surface area (Å²) in [5, 5.41) is 3.63. The zero-order chi connectivity index (χ0) is 13.0. The van der Waals surface area contributed by atoms with Crippen molar-refractivity contribution in [1.29, 1.82) is 0 Å². The minimum atomic E-state index is 0.449. The van der Waals surface area contributed by atoms with Crippen molar-refractivity contribution >= 4 is 34.4 Å². The number of aromatic nitrogens is 1. The summed E-state index contributed by atoms with van der Waals surface area (Å²) in [6, 6.07) is 4.61. The lowest BCUT2D eigenvalue weighted by molar-refractivity contribution is 0.361. The molecule has 0 saturated carbocycles. The second-order valence-electron chi connectivity index (χ2n) is 5.18. The van der Waals surface area contributed by atoms with E-state index < -0.39 is 0 Å². The Balaban J connectivity index is 2.00. The van der Waals surface area contributed by atoms with Crippen molar-refractivity contribution in [3.63, 3.8) is 0 Å². The van der Waals surface area contributed by atoms with E-state index in [1.807, 2.05) is 12.3 Å². The molecule has 3 aliphatic rings. The Kier molecular flexibility index (Phi) is 2.48. The number of halogens is 1. The molecular formula is C15H14IN3. The van der Waals surface area contributed by atoms with Crippen molar-refractivity contribution in [3.05, 3.63) is 53.0 Å². The molecule has 0 spiro atoms. The molecule has 0 bridgehead atoms. The van der Waals surface area contributed by atoms with E-state index in [-0.39, 0.29) is 0 Å². The van der Waals surface area contributed by atoms with Crippen LogP contribution in [0.4, 0.5) is 0 Å². The second kappa shape index (κ2) is 4.10. The maximum absolute atomic E-state index is 4.60. The maximum atomic E-state index is 4.60. The summed E-state index contributed by atoms with van der Waals surface area (Å²) < 4.78 is 0.449. The van der Waals surface area contributed by atoms with Gasteiger partial charge in [-0.2, -0.15) is 0 Å². The molecule has 1 N–H and O–H groups in total. The van der Waals surface area contributed by atoms with Gasteiger partial charge in [-0.25, -0.2) is 0 Å². The van der Waals surface area contributed by atoms with Crippen LogP contribution in [0.2, 0.25) is 0 Å². The molecule has 19 heavy (non-hydrogen) atoms. The first-order valence-electron chi connectivity index (χ1n) is 6.46. The molecule has 0 radical (unpaired) electrons. The van der Waals surface area contributed by atoms with E-state index in [1.165, 1.54) is 22.4 Å². The lowest BCUT2D eigenvalue weighted by atomic mass is 9.93. The molecule has 96 valence electrons. The Morgan fingerprint density at radius 3 is 3.21 bits per heavy atom. The Morgan fingerprint density at radius 2 is 2.32 bits per heavy atom. The SMILES string of the molecule is CN1C=C2C=Cc3cccnc3C3=C2C1CC(I)N3. The van der Waals surface area contributed by atoms with Gasteiger partial charge in [-0.15, -0.1) is 0 Å². The van der Waals surface area contributed by atoms with Gasteiger partial charge in [-0.3, -0.25) is 4.98 Å². The third-order valence-corrected chi connectivity index (χ3v) is 4.82. The van der Waals surface area contributed by atoms with Crippen molar-refractivity contribution in [2.45, 2.75) is 16.5 Å². The van der Waals surface area contributed by atoms with Crippen molar-refractivity contribution in [3.8, 4) is 0 Å². The highest BCUT2D eigenvalue weighted by Gasteiger charge is 2.37. The Hall–Kier alpha value is -1.30. The first-order chi connectivity index (χ1) is 9.24. The van der Waals surface area contributed by atoms with Gasteiger partial charge in [0.25, 0.3) is 0 Å². The second-order valence-corrected chi connectivity index (χ2v) is 6.68. The van der Waals surface area contributed by atoms with E-state index in [0.29, 0.717) is 10.1 Å². The first-order valence-corrected chi connectivity index (χ1v) is 7.71. The highest BCUT2D eigenvalue weighted by Crippen LogP contribution is 2.41. The molecule has 0 aromatic carbocycles. The molecule has 3 nitrogen and oxygen atoms in total. The number of hydrogen-bond donors (Lipinski definition) is 1. The summed E-state index contributed by atoms with van der Waals surface area (Å²) >= 11 is 2.48. The number of nitrogens with zero attached hydrogens (tertiary/aromatic N) is 2. The van der Waals surface area contributed by atoms with Crippen LogP contribution in [0.25, 0.3) is 11.8 Å². The minimum absolute atomic E-state index is 0.449. The molecular weight excluding hydrogens is 349 g/mol. The molecule has 0 saturated heterocycles. The third kappa shape index (κ3) is 1.65. The predicted octanol–water partition coefficient (Wildman–Crippen LogP) is 2.77. The normalized spacial score (nSPS) is 27.5. The fraction of sp³-hybridized carbons (Fsp3) is 0.267. The number of pyridine rings is 1. The zero-order valence-electron chi connectivity index (χ0n) is 10.6. The Morgan fingerprint density at radius 1 is 1.42 bits per heavy atom. The number of hydrogen-bond acceptors (Lipinski definition) is 3. The monoisotopic (exact) mass is 363 g/mol. The van der Waals surface area contributed by atoms with E-state index in [9.17, 15) is 0 Å². The van der Waals surface area contributed by atoms with Crippen LogP contribution < -0.4 is 5.32 Å². The molecule has 3 heterocycles. The first kappa shape index (κ1) is 11.5. The standard InChI is InChI=1S/C15H14IN3/c1-19-8-10-5-4-9-3-2-6-17-14(9)15-13(10)11(19)7-12(16)18-15/h2-6,8,11-12,18H,7H2,1H3.